The van der Waals surface area contributed by atoms with Crippen LogP contribution < -0.4 is 10.1 Å². The molecule has 3 rings (SSSR count). The standard InChI is InChI=1S/C30H39BrFN5O4/c1-8-19(13-15-34-29(39)41-30(2,3)4)37-20(11-12-23(38)36(5)6)17-22-27(37)21-16-18(10-9-14-33)24(31)25(32)26(21)35-28(22)40-7/h16-17,19H,8-13,15H2,1-7H3,(H,34,39). The minimum absolute atomic E-state index is 0.00911. The Morgan fingerprint density at radius 3 is 2.54 bits per heavy atom. The van der Waals surface area contributed by atoms with Gasteiger partial charge in [-0.25, -0.2) is 14.2 Å². The maximum atomic E-state index is 15.8. The van der Waals surface area contributed by atoms with Crippen LogP contribution in [0.15, 0.2) is 16.6 Å². The Morgan fingerprint density at radius 2 is 1.95 bits per heavy atom. The molecule has 0 saturated heterocycles. The first kappa shape index (κ1) is 32.1. The summed E-state index contributed by atoms with van der Waals surface area (Å²) in [7, 11) is 4.94. The number of amides is 2. The second-order valence-electron chi connectivity index (χ2n) is 11.2. The summed E-state index contributed by atoms with van der Waals surface area (Å²) in [6, 6.07) is 5.87. The molecule has 11 heteroatoms. The van der Waals surface area contributed by atoms with E-state index in [-0.39, 0.29) is 40.7 Å². The molecule has 0 bridgehead atoms. The van der Waals surface area contributed by atoms with Gasteiger partial charge in [-0.15, -0.1) is 0 Å². The average molecular weight is 633 g/mol. The summed E-state index contributed by atoms with van der Waals surface area (Å²) in [6.07, 6.45) is 2.14. The smallest absolute Gasteiger partial charge is 0.407 e. The average Bonchev–Trinajstić information content (AvgIpc) is 3.29. The fourth-order valence-electron chi connectivity index (χ4n) is 4.90. The first-order valence-corrected chi connectivity index (χ1v) is 14.5. The van der Waals surface area contributed by atoms with Crippen molar-refractivity contribution in [2.75, 3.05) is 27.7 Å². The van der Waals surface area contributed by atoms with Crippen molar-refractivity contribution in [3.63, 3.8) is 0 Å². The fraction of sp³-hybridized carbons (Fsp3) is 0.533. The van der Waals surface area contributed by atoms with Crippen LogP contribution in [0.1, 0.15) is 70.7 Å². The number of fused-ring (bicyclic) bond motifs is 3. The molecule has 0 fully saturated rings. The van der Waals surface area contributed by atoms with Crippen molar-refractivity contribution in [1.29, 1.82) is 5.26 Å². The highest BCUT2D eigenvalue weighted by Gasteiger charge is 2.25. The number of hydrogen-bond acceptors (Lipinski definition) is 6. The lowest BCUT2D eigenvalue weighted by molar-refractivity contribution is -0.128. The first-order valence-electron chi connectivity index (χ1n) is 13.7. The zero-order valence-electron chi connectivity index (χ0n) is 24.9. The van der Waals surface area contributed by atoms with Crippen LogP contribution in [0.25, 0.3) is 21.8 Å². The molecular weight excluding hydrogens is 593 g/mol. The highest BCUT2D eigenvalue weighted by Crippen LogP contribution is 2.40. The molecule has 2 amide bonds. The Balaban J connectivity index is 2.22. The summed E-state index contributed by atoms with van der Waals surface area (Å²) >= 11 is 3.36. The van der Waals surface area contributed by atoms with Gasteiger partial charge in [0.05, 0.1) is 28.6 Å². The number of pyridine rings is 1. The lowest BCUT2D eigenvalue weighted by Gasteiger charge is -2.24. The van der Waals surface area contributed by atoms with Gasteiger partial charge in [0.25, 0.3) is 0 Å². The second kappa shape index (κ2) is 13.5. The van der Waals surface area contributed by atoms with Crippen molar-refractivity contribution in [1.82, 2.24) is 19.8 Å². The molecule has 2 aromatic heterocycles. The van der Waals surface area contributed by atoms with E-state index in [2.05, 4.69) is 43.8 Å². The molecule has 1 unspecified atom stereocenters. The zero-order valence-corrected chi connectivity index (χ0v) is 26.4. The van der Waals surface area contributed by atoms with E-state index in [1.54, 1.807) is 19.0 Å². The Bertz CT molecular complexity index is 1470. The van der Waals surface area contributed by atoms with Crippen LogP contribution in [0.5, 0.6) is 5.88 Å². The molecule has 1 aromatic carbocycles. The third kappa shape index (κ3) is 7.47. The van der Waals surface area contributed by atoms with E-state index < -0.39 is 17.5 Å². The van der Waals surface area contributed by atoms with Crippen molar-refractivity contribution in [2.45, 2.75) is 77.9 Å². The molecule has 222 valence electrons. The maximum Gasteiger partial charge on any atom is 0.407 e. The highest BCUT2D eigenvalue weighted by atomic mass is 79.9. The molecular formula is C30H39BrFN5O4. The van der Waals surface area contributed by atoms with Gasteiger partial charge >= 0.3 is 6.09 Å². The maximum absolute atomic E-state index is 15.8. The predicted octanol–water partition coefficient (Wildman–Crippen LogP) is 6.44. The van der Waals surface area contributed by atoms with Crippen LogP contribution in [-0.2, 0) is 22.4 Å². The number of benzene rings is 1. The normalized spacial score (nSPS) is 12.3. The molecule has 3 aromatic rings. The number of hydrogen-bond donors (Lipinski definition) is 1. The van der Waals surface area contributed by atoms with E-state index in [0.29, 0.717) is 48.6 Å². The zero-order chi connectivity index (χ0) is 30.5. The lowest BCUT2D eigenvalue weighted by atomic mass is 10.0. The summed E-state index contributed by atoms with van der Waals surface area (Å²) in [5.41, 5.74) is 1.84. The Morgan fingerprint density at radius 1 is 1.24 bits per heavy atom. The van der Waals surface area contributed by atoms with E-state index in [4.69, 9.17) is 14.7 Å². The minimum Gasteiger partial charge on any atom is -0.480 e. The third-order valence-corrected chi connectivity index (χ3v) is 7.70. The number of rotatable bonds is 11. The molecule has 0 aliphatic heterocycles. The summed E-state index contributed by atoms with van der Waals surface area (Å²) in [6.45, 7) is 7.84. The first-order chi connectivity index (χ1) is 19.3. The molecule has 0 aliphatic rings. The van der Waals surface area contributed by atoms with Gasteiger partial charge < -0.3 is 24.3 Å². The van der Waals surface area contributed by atoms with E-state index >= 15 is 4.39 Å². The van der Waals surface area contributed by atoms with Crippen molar-refractivity contribution in [3.8, 4) is 11.9 Å². The second-order valence-corrected chi connectivity index (χ2v) is 12.0. The van der Waals surface area contributed by atoms with Gasteiger partial charge in [-0.1, -0.05) is 6.92 Å². The highest BCUT2D eigenvalue weighted by molar-refractivity contribution is 9.10. The number of aromatic nitrogens is 2. The van der Waals surface area contributed by atoms with Gasteiger partial charge in [0.2, 0.25) is 11.8 Å². The molecule has 0 saturated carbocycles. The summed E-state index contributed by atoms with van der Waals surface area (Å²) in [5.74, 6) is -0.249. The quantitative estimate of drug-likeness (QED) is 0.261. The van der Waals surface area contributed by atoms with Crippen LogP contribution in [0.3, 0.4) is 0 Å². The molecule has 41 heavy (non-hydrogen) atoms. The molecule has 0 aliphatic carbocycles. The Labute approximate surface area is 249 Å². The number of carbonyl (C=O) groups is 2. The van der Waals surface area contributed by atoms with Crippen LogP contribution in [0, 0.1) is 17.1 Å². The fourth-order valence-corrected chi connectivity index (χ4v) is 5.40. The summed E-state index contributed by atoms with van der Waals surface area (Å²) in [5, 5.41) is 13.3. The van der Waals surface area contributed by atoms with Gasteiger partial charge in [0, 0.05) is 50.6 Å². The molecule has 9 nitrogen and oxygen atoms in total. The van der Waals surface area contributed by atoms with Crippen molar-refractivity contribution < 1.29 is 23.5 Å². The largest absolute Gasteiger partial charge is 0.480 e. The van der Waals surface area contributed by atoms with Crippen LogP contribution in [0.4, 0.5) is 9.18 Å². The topological polar surface area (TPSA) is 109 Å². The number of carbonyl (C=O) groups excluding carboxylic acids is 2. The summed E-state index contributed by atoms with van der Waals surface area (Å²) < 4.78 is 29.2. The number of nitriles is 1. The molecule has 0 radical (unpaired) electrons. The van der Waals surface area contributed by atoms with Crippen LogP contribution in [0.2, 0.25) is 0 Å². The van der Waals surface area contributed by atoms with Crippen LogP contribution in [-0.4, -0.2) is 59.8 Å². The van der Waals surface area contributed by atoms with Gasteiger partial charge in [-0.05, 0) is 80.1 Å². The Kier molecular flexibility index (Phi) is 10.6. The number of aryl methyl sites for hydroxylation is 2. The molecule has 2 heterocycles. The number of halogens is 2. The lowest BCUT2D eigenvalue weighted by Crippen LogP contribution is -2.33. The van der Waals surface area contributed by atoms with Crippen molar-refractivity contribution >= 4 is 49.7 Å². The number of methoxy groups -OCH3 is 1. The molecule has 1 atom stereocenters. The number of nitrogens with one attached hydrogen (secondary N) is 1. The van der Waals surface area contributed by atoms with Crippen molar-refractivity contribution in [2.24, 2.45) is 0 Å². The Hall–Kier alpha value is -3.39. The van der Waals surface area contributed by atoms with E-state index in [1.165, 1.54) is 7.11 Å². The minimum atomic E-state index is -0.610. The van der Waals surface area contributed by atoms with E-state index in [0.717, 1.165) is 11.2 Å². The number of ether oxygens (including phenoxy) is 2. The van der Waals surface area contributed by atoms with Gasteiger partial charge in [0.15, 0.2) is 5.82 Å². The van der Waals surface area contributed by atoms with Gasteiger partial charge in [-0.2, -0.15) is 5.26 Å². The monoisotopic (exact) mass is 631 g/mol. The van der Waals surface area contributed by atoms with Crippen molar-refractivity contribution in [3.05, 3.63) is 33.7 Å². The van der Waals surface area contributed by atoms with Crippen LogP contribution >= 0.6 is 15.9 Å². The third-order valence-electron chi connectivity index (χ3n) is 6.85. The number of alkyl carbamates (subject to hydrolysis) is 1. The molecule has 1 N–H and O–H groups in total. The molecule has 0 spiro atoms. The van der Waals surface area contributed by atoms with E-state index in [9.17, 15) is 9.59 Å². The van der Waals surface area contributed by atoms with E-state index in [1.807, 2.05) is 32.9 Å². The summed E-state index contributed by atoms with van der Waals surface area (Å²) in [4.78, 5) is 30.9. The SMILES string of the molecule is CCC(CCNC(=O)OC(C)(C)C)n1c(CCC(=O)N(C)C)cc2c(OC)nc3c(F)c(Br)c(CCC#N)cc3c21. The number of nitrogens with zero attached hydrogens (tertiary/aromatic N) is 4. The predicted molar refractivity (Wildman–Crippen MR) is 161 cm³/mol. The van der Waals surface area contributed by atoms with Gasteiger partial charge in [-0.3, -0.25) is 4.79 Å². The van der Waals surface area contributed by atoms with Gasteiger partial charge in [0.1, 0.15) is 11.1 Å².